The summed E-state index contributed by atoms with van der Waals surface area (Å²) in [5, 5.41) is 2.67. The Morgan fingerprint density at radius 2 is 1.62 bits per heavy atom. The lowest BCUT2D eigenvalue weighted by Gasteiger charge is -2.39. The van der Waals surface area contributed by atoms with Crippen LogP contribution in [0.3, 0.4) is 0 Å². The van der Waals surface area contributed by atoms with Gasteiger partial charge in [0.15, 0.2) is 23.0 Å². The molecule has 1 fully saturated rings. The number of nitrogens with one attached hydrogen (secondary N) is 1. The number of hydrogen-bond acceptors (Lipinski definition) is 12. The second-order valence-corrected chi connectivity index (χ2v) is 12.9. The first-order valence-corrected chi connectivity index (χ1v) is 16.0. The minimum Gasteiger partial charge on any atom is -0.493 e. The van der Waals surface area contributed by atoms with E-state index >= 15 is 0 Å². The van der Waals surface area contributed by atoms with Crippen molar-refractivity contribution >= 4 is 29.8 Å². The first-order chi connectivity index (χ1) is 21.5. The molecule has 0 saturated carbocycles. The number of carbonyl (C=O) groups is 3. The number of methoxy groups -OCH3 is 3. The van der Waals surface area contributed by atoms with Gasteiger partial charge in [-0.1, -0.05) is 0 Å². The molecule has 3 aliphatic rings. The van der Waals surface area contributed by atoms with Gasteiger partial charge in [0, 0.05) is 17.4 Å². The Bertz CT molecular complexity index is 1430. The summed E-state index contributed by atoms with van der Waals surface area (Å²) in [6, 6.07) is 6.24. The third-order valence-corrected chi connectivity index (χ3v) is 8.64. The van der Waals surface area contributed by atoms with Gasteiger partial charge in [-0.25, -0.2) is 9.59 Å². The lowest BCUT2D eigenvalue weighted by Crippen LogP contribution is -2.46. The summed E-state index contributed by atoms with van der Waals surface area (Å²) in [4.78, 5) is 39.9. The highest BCUT2D eigenvalue weighted by Gasteiger charge is 2.54. The van der Waals surface area contributed by atoms with Crippen LogP contribution in [-0.2, 0) is 23.8 Å². The maximum Gasteiger partial charge on any atom is 0.408 e. The van der Waals surface area contributed by atoms with E-state index in [0.29, 0.717) is 57.6 Å². The van der Waals surface area contributed by atoms with Crippen molar-refractivity contribution in [1.82, 2.24) is 5.32 Å². The van der Waals surface area contributed by atoms with Crippen molar-refractivity contribution in [2.75, 3.05) is 46.7 Å². The average Bonchev–Trinajstić information content (AvgIpc) is 3.62. The Morgan fingerprint density at radius 3 is 2.20 bits per heavy atom. The number of cyclic esters (lactones) is 1. The first kappa shape index (κ1) is 32.4. The van der Waals surface area contributed by atoms with Gasteiger partial charge in [-0.2, -0.15) is 11.8 Å². The molecule has 1 saturated heterocycles. The Balaban J connectivity index is 1.58. The third kappa shape index (κ3) is 6.54. The second kappa shape index (κ2) is 13.2. The second-order valence-electron chi connectivity index (χ2n) is 11.9. The molecule has 244 valence electrons. The van der Waals surface area contributed by atoms with Crippen molar-refractivity contribution in [3.63, 3.8) is 0 Å². The summed E-state index contributed by atoms with van der Waals surface area (Å²) in [7, 11) is 4.56. The number of fused-ring (bicyclic) bond motifs is 3. The van der Waals surface area contributed by atoms with Gasteiger partial charge < -0.3 is 43.2 Å². The van der Waals surface area contributed by atoms with Crippen LogP contribution in [0.5, 0.6) is 28.7 Å². The molecule has 2 aromatic carbocycles. The van der Waals surface area contributed by atoms with Crippen molar-refractivity contribution in [3.8, 4) is 28.7 Å². The Morgan fingerprint density at radius 1 is 0.978 bits per heavy atom. The Labute approximate surface area is 266 Å². The largest absolute Gasteiger partial charge is 0.493 e. The zero-order chi connectivity index (χ0) is 32.5. The van der Waals surface area contributed by atoms with E-state index in [-0.39, 0.29) is 13.4 Å². The highest BCUT2D eigenvalue weighted by molar-refractivity contribution is 7.98. The van der Waals surface area contributed by atoms with Crippen molar-refractivity contribution in [2.24, 2.45) is 11.8 Å². The third-order valence-electron chi connectivity index (χ3n) is 7.99. The predicted molar refractivity (Wildman–Crippen MR) is 163 cm³/mol. The predicted octanol–water partition coefficient (Wildman–Crippen LogP) is 4.61. The molecule has 0 spiro atoms. The zero-order valence-corrected chi connectivity index (χ0v) is 27.2. The molecule has 5 rings (SSSR count). The number of amides is 1. The number of alkyl carbamates (subject to hydrolysis) is 1. The number of esters is 2. The molecule has 2 heterocycles. The van der Waals surface area contributed by atoms with E-state index in [1.165, 1.54) is 33.1 Å². The number of rotatable bonds is 10. The summed E-state index contributed by atoms with van der Waals surface area (Å²) in [5.41, 5.74) is 1.31. The lowest BCUT2D eigenvalue weighted by atomic mass is 9.66. The number of ether oxygens (including phenoxy) is 8. The monoisotopic (exact) mass is 645 g/mol. The fourth-order valence-corrected chi connectivity index (χ4v) is 6.56. The topological polar surface area (TPSA) is 137 Å². The quantitative estimate of drug-likeness (QED) is 0.285. The van der Waals surface area contributed by atoms with E-state index in [2.05, 4.69) is 5.32 Å². The van der Waals surface area contributed by atoms with Gasteiger partial charge in [-0.15, -0.1) is 0 Å². The smallest absolute Gasteiger partial charge is 0.408 e. The van der Waals surface area contributed by atoms with Gasteiger partial charge in [-0.3, -0.25) is 4.79 Å². The summed E-state index contributed by atoms with van der Waals surface area (Å²) >= 11 is 1.53. The molecule has 0 aromatic heterocycles. The SMILES string of the molecule is COc1cc([C@@H]2c3cc4c(cc3[C@H](OC(=O)[C@H](CCSC)NC(=O)OC(C)(C)C)[C@H]3COC(=O)[C@H]23)OCO4)cc(OC)c1OC. The summed E-state index contributed by atoms with van der Waals surface area (Å²) in [6.45, 7) is 5.29. The molecule has 1 aliphatic carbocycles. The van der Waals surface area contributed by atoms with E-state index in [1.54, 1.807) is 39.0 Å². The number of benzene rings is 2. The normalized spacial score (nSPS) is 22.0. The fraction of sp³-hybridized carbons (Fsp3) is 0.531. The Kier molecular flexibility index (Phi) is 9.47. The summed E-state index contributed by atoms with van der Waals surface area (Å²) < 4.78 is 45.4. The summed E-state index contributed by atoms with van der Waals surface area (Å²) in [5.74, 6) is -0.0111. The van der Waals surface area contributed by atoms with E-state index in [9.17, 15) is 14.4 Å². The van der Waals surface area contributed by atoms with Gasteiger partial charge in [0.2, 0.25) is 12.5 Å². The number of thioether (sulfide) groups is 1. The van der Waals surface area contributed by atoms with E-state index in [0.717, 1.165) is 0 Å². The molecule has 0 bridgehead atoms. The average molecular weight is 646 g/mol. The van der Waals surface area contributed by atoms with Crippen molar-refractivity contribution < 1.29 is 52.3 Å². The molecule has 5 atom stereocenters. The lowest BCUT2D eigenvalue weighted by molar-refractivity contribution is -0.157. The minimum atomic E-state index is -0.978. The highest BCUT2D eigenvalue weighted by atomic mass is 32.2. The fourth-order valence-electron chi connectivity index (χ4n) is 6.09. The maximum absolute atomic E-state index is 13.8. The van der Waals surface area contributed by atoms with Crippen LogP contribution >= 0.6 is 11.8 Å². The van der Waals surface area contributed by atoms with Gasteiger partial charge in [0.25, 0.3) is 0 Å². The van der Waals surface area contributed by atoms with Gasteiger partial charge in [0.1, 0.15) is 17.7 Å². The molecule has 45 heavy (non-hydrogen) atoms. The number of hydrogen-bond donors (Lipinski definition) is 1. The highest BCUT2D eigenvalue weighted by Crippen LogP contribution is 2.56. The standard InChI is InChI=1S/C32H39NO11S/c1-32(2,3)44-31(36)33-20(8-9-45-7)29(34)43-27-18-13-22-21(41-15-42-22)12-17(18)25(26-19(27)14-40-30(26)35)16-10-23(37-4)28(39-6)24(11-16)38-5/h10-13,19-20,25-27H,8-9,14-15H2,1-7H3,(H,33,36)/t19-,20-,25+,26-,27-/m0/s1. The number of carbonyl (C=O) groups excluding carboxylic acids is 3. The molecule has 0 unspecified atom stereocenters. The van der Waals surface area contributed by atoms with Gasteiger partial charge >= 0.3 is 18.0 Å². The van der Waals surface area contributed by atoms with E-state index < -0.39 is 53.5 Å². The van der Waals surface area contributed by atoms with Crippen LogP contribution in [0.15, 0.2) is 24.3 Å². The molecule has 12 nitrogen and oxygen atoms in total. The van der Waals surface area contributed by atoms with Crippen LogP contribution in [0, 0.1) is 11.8 Å². The molecular weight excluding hydrogens is 606 g/mol. The molecule has 1 amide bonds. The van der Waals surface area contributed by atoms with Crippen LogP contribution < -0.4 is 29.0 Å². The zero-order valence-electron chi connectivity index (χ0n) is 26.4. The van der Waals surface area contributed by atoms with Gasteiger partial charge in [-0.05, 0) is 74.6 Å². The van der Waals surface area contributed by atoms with Crippen LogP contribution in [0.4, 0.5) is 4.79 Å². The molecule has 2 aromatic rings. The molecule has 13 heteroatoms. The van der Waals surface area contributed by atoms with Crippen LogP contribution in [0.1, 0.15) is 55.9 Å². The minimum absolute atomic E-state index is 0.0307. The molecular formula is C32H39NO11S. The Hall–Kier alpha value is -4.00. The van der Waals surface area contributed by atoms with Crippen LogP contribution in [0.25, 0.3) is 0 Å². The van der Waals surface area contributed by atoms with Crippen molar-refractivity contribution in [2.45, 2.75) is 50.9 Å². The van der Waals surface area contributed by atoms with E-state index in [4.69, 9.17) is 37.9 Å². The van der Waals surface area contributed by atoms with Gasteiger partial charge in [0.05, 0.1) is 33.9 Å². The molecule has 1 N–H and O–H groups in total. The molecule has 2 aliphatic heterocycles. The molecule has 0 radical (unpaired) electrons. The van der Waals surface area contributed by atoms with Crippen LogP contribution in [0.2, 0.25) is 0 Å². The first-order valence-electron chi connectivity index (χ1n) is 14.6. The van der Waals surface area contributed by atoms with Crippen LogP contribution in [-0.4, -0.2) is 76.4 Å². The van der Waals surface area contributed by atoms with E-state index in [1.807, 2.05) is 12.3 Å². The summed E-state index contributed by atoms with van der Waals surface area (Å²) in [6.07, 6.45) is 0.620. The van der Waals surface area contributed by atoms with Crippen molar-refractivity contribution in [3.05, 3.63) is 41.0 Å². The maximum atomic E-state index is 13.8. The van der Waals surface area contributed by atoms with Crippen molar-refractivity contribution in [1.29, 1.82) is 0 Å².